The molecular formula is C27H28N4O4S2. The van der Waals surface area contributed by atoms with Gasteiger partial charge in [0.25, 0.3) is 5.91 Å². The topological polar surface area (TPSA) is 84.2 Å². The van der Waals surface area contributed by atoms with E-state index in [1.54, 1.807) is 29.7 Å². The van der Waals surface area contributed by atoms with Crippen molar-refractivity contribution >= 4 is 56.8 Å². The summed E-state index contributed by atoms with van der Waals surface area (Å²) in [5.74, 6) is 2.20. The summed E-state index contributed by atoms with van der Waals surface area (Å²) < 4.78 is 7.63. The first-order chi connectivity index (χ1) is 18.0. The second kappa shape index (κ2) is 12.6. The number of rotatable bonds is 8. The Morgan fingerprint density at radius 3 is 2.54 bits per heavy atom. The predicted molar refractivity (Wildman–Crippen MR) is 148 cm³/mol. The molecule has 1 aromatic heterocycles. The molecule has 1 aliphatic heterocycles. The van der Waals surface area contributed by atoms with Crippen LogP contribution in [0.2, 0.25) is 0 Å². The van der Waals surface area contributed by atoms with Crippen molar-refractivity contribution < 1.29 is 19.1 Å². The molecule has 1 aliphatic rings. The fourth-order valence-electron chi connectivity index (χ4n) is 4.05. The summed E-state index contributed by atoms with van der Waals surface area (Å²) in [6, 6.07) is 15.3. The molecule has 37 heavy (non-hydrogen) atoms. The number of nitrogens with zero attached hydrogens (tertiary/aromatic N) is 4. The molecule has 192 valence electrons. The number of carbonyl (C=O) groups excluding carboxylic acids is 3. The number of fused-ring (bicyclic) bond motifs is 1. The van der Waals surface area contributed by atoms with Crippen molar-refractivity contribution in [2.75, 3.05) is 49.2 Å². The van der Waals surface area contributed by atoms with Gasteiger partial charge in [0, 0.05) is 31.9 Å². The van der Waals surface area contributed by atoms with Gasteiger partial charge < -0.3 is 19.1 Å². The third kappa shape index (κ3) is 6.61. The van der Waals surface area contributed by atoms with Crippen LogP contribution in [0.25, 0.3) is 10.2 Å². The summed E-state index contributed by atoms with van der Waals surface area (Å²) in [4.78, 5) is 46.2. The molecule has 0 aliphatic carbocycles. The molecule has 0 radical (unpaired) electrons. The van der Waals surface area contributed by atoms with Crippen LogP contribution in [-0.2, 0) is 20.9 Å². The van der Waals surface area contributed by atoms with E-state index in [0.29, 0.717) is 23.5 Å². The van der Waals surface area contributed by atoms with E-state index < -0.39 is 5.97 Å². The number of carbonyl (C=O) groups is 3. The molecular weight excluding hydrogens is 508 g/mol. The van der Waals surface area contributed by atoms with Crippen LogP contribution in [0.15, 0.2) is 53.5 Å². The van der Waals surface area contributed by atoms with E-state index in [9.17, 15) is 14.4 Å². The molecule has 8 nitrogen and oxygen atoms in total. The predicted octanol–water partition coefficient (Wildman–Crippen LogP) is 3.02. The van der Waals surface area contributed by atoms with Crippen LogP contribution in [0.4, 0.5) is 5.69 Å². The van der Waals surface area contributed by atoms with Gasteiger partial charge in [-0.2, -0.15) is 4.99 Å². The summed E-state index contributed by atoms with van der Waals surface area (Å²) in [6.07, 6.45) is 5.54. The van der Waals surface area contributed by atoms with E-state index in [2.05, 4.69) is 27.9 Å². The highest BCUT2D eigenvalue weighted by Crippen LogP contribution is 2.20. The molecule has 2 aromatic carbocycles. The Morgan fingerprint density at radius 2 is 1.84 bits per heavy atom. The zero-order valence-corrected chi connectivity index (χ0v) is 22.2. The van der Waals surface area contributed by atoms with Crippen LogP contribution >= 0.6 is 23.1 Å². The second-order valence-electron chi connectivity index (χ2n) is 8.28. The van der Waals surface area contributed by atoms with Gasteiger partial charge in [0.05, 0.1) is 40.4 Å². The van der Waals surface area contributed by atoms with E-state index in [-0.39, 0.29) is 36.5 Å². The van der Waals surface area contributed by atoms with Gasteiger partial charge in [0.1, 0.15) is 0 Å². The zero-order valence-electron chi connectivity index (χ0n) is 20.6. The van der Waals surface area contributed by atoms with Crippen molar-refractivity contribution in [3.8, 4) is 12.3 Å². The Kier molecular flexibility index (Phi) is 9.04. The smallest absolute Gasteiger partial charge is 0.338 e. The van der Waals surface area contributed by atoms with Gasteiger partial charge in [0.15, 0.2) is 4.80 Å². The fourth-order valence-corrected chi connectivity index (χ4v) is 5.84. The molecule has 4 rings (SSSR count). The first kappa shape index (κ1) is 26.5. The molecule has 0 spiro atoms. The third-order valence-electron chi connectivity index (χ3n) is 5.87. The number of hydrogen-bond donors (Lipinski definition) is 0. The van der Waals surface area contributed by atoms with Crippen molar-refractivity contribution in [1.29, 1.82) is 0 Å². The minimum Gasteiger partial charge on any atom is -0.462 e. The maximum Gasteiger partial charge on any atom is 0.338 e. The number of piperazine rings is 1. The Labute approximate surface area is 223 Å². The van der Waals surface area contributed by atoms with Crippen LogP contribution in [-0.4, -0.2) is 71.5 Å². The van der Waals surface area contributed by atoms with Crippen LogP contribution in [0, 0.1) is 12.3 Å². The molecule has 3 aromatic rings. The molecule has 2 amide bonds. The molecule has 1 saturated heterocycles. The number of para-hydroxylation sites is 1. The summed E-state index contributed by atoms with van der Waals surface area (Å²) in [6.45, 7) is 5.18. The van der Waals surface area contributed by atoms with Gasteiger partial charge in [-0.3, -0.25) is 9.59 Å². The lowest BCUT2D eigenvalue weighted by molar-refractivity contribution is -0.128. The SMILES string of the molecule is C#CCn1c(=NC(=O)CSCC(=O)N2CCN(c3ccccc3)CC2)sc2cc(C(=O)OCC)ccc21. The highest BCUT2D eigenvalue weighted by molar-refractivity contribution is 8.00. The summed E-state index contributed by atoms with van der Waals surface area (Å²) in [5.41, 5.74) is 2.39. The van der Waals surface area contributed by atoms with Crippen molar-refractivity contribution in [3.63, 3.8) is 0 Å². The summed E-state index contributed by atoms with van der Waals surface area (Å²) in [5, 5.41) is 0. The van der Waals surface area contributed by atoms with E-state index in [1.165, 1.54) is 23.1 Å². The highest BCUT2D eigenvalue weighted by Gasteiger charge is 2.21. The van der Waals surface area contributed by atoms with Crippen molar-refractivity contribution in [2.45, 2.75) is 13.5 Å². The van der Waals surface area contributed by atoms with E-state index >= 15 is 0 Å². The molecule has 2 heterocycles. The maximum atomic E-state index is 12.7. The van der Waals surface area contributed by atoms with Gasteiger partial charge in [-0.1, -0.05) is 35.5 Å². The van der Waals surface area contributed by atoms with Crippen LogP contribution < -0.4 is 9.70 Å². The Hall–Kier alpha value is -3.55. The quantitative estimate of drug-likeness (QED) is 0.325. The van der Waals surface area contributed by atoms with Crippen molar-refractivity contribution in [3.05, 3.63) is 58.9 Å². The number of benzene rings is 2. The summed E-state index contributed by atoms with van der Waals surface area (Å²) in [7, 11) is 0. The highest BCUT2D eigenvalue weighted by atomic mass is 32.2. The van der Waals surface area contributed by atoms with E-state index in [0.717, 1.165) is 29.0 Å². The Balaban J connectivity index is 1.35. The number of anilines is 1. The number of thioether (sulfide) groups is 1. The lowest BCUT2D eigenvalue weighted by atomic mass is 10.2. The zero-order chi connectivity index (χ0) is 26.2. The van der Waals surface area contributed by atoms with Gasteiger partial charge in [0.2, 0.25) is 5.91 Å². The van der Waals surface area contributed by atoms with Crippen LogP contribution in [0.5, 0.6) is 0 Å². The van der Waals surface area contributed by atoms with Gasteiger partial charge in [-0.05, 0) is 37.3 Å². The number of thiazole rings is 1. The maximum absolute atomic E-state index is 12.7. The lowest BCUT2D eigenvalue weighted by Crippen LogP contribution is -2.49. The largest absolute Gasteiger partial charge is 0.462 e. The Morgan fingerprint density at radius 1 is 1.08 bits per heavy atom. The molecule has 0 unspecified atom stereocenters. The minimum atomic E-state index is -0.404. The average Bonchev–Trinajstić information content (AvgIpc) is 3.25. The van der Waals surface area contributed by atoms with Crippen LogP contribution in [0.1, 0.15) is 17.3 Å². The van der Waals surface area contributed by atoms with Gasteiger partial charge in [-0.15, -0.1) is 18.2 Å². The first-order valence-corrected chi connectivity index (χ1v) is 13.9. The van der Waals surface area contributed by atoms with E-state index in [4.69, 9.17) is 11.2 Å². The number of hydrogen-bond acceptors (Lipinski definition) is 7. The molecule has 0 N–H and O–H groups in total. The molecule has 0 saturated carbocycles. The molecule has 0 atom stereocenters. The van der Waals surface area contributed by atoms with E-state index in [1.807, 2.05) is 23.1 Å². The number of esters is 1. The van der Waals surface area contributed by atoms with Gasteiger partial charge in [-0.25, -0.2) is 4.79 Å². The third-order valence-corrected chi connectivity index (χ3v) is 7.81. The number of aromatic nitrogens is 1. The number of ether oxygens (including phenoxy) is 1. The van der Waals surface area contributed by atoms with Gasteiger partial charge >= 0.3 is 5.97 Å². The minimum absolute atomic E-state index is 0.0289. The molecule has 10 heteroatoms. The Bertz CT molecular complexity index is 1380. The standard InChI is InChI=1S/C27H28N4O4S2/c1-3-12-31-22-11-10-20(26(34)35-4-2)17-23(22)37-27(31)28-24(32)18-36-19-25(33)30-15-13-29(14-16-30)21-8-6-5-7-9-21/h1,5-11,17H,4,12-16,18-19H2,2H3. The normalized spacial score (nSPS) is 14.0. The molecule has 0 bridgehead atoms. The first-order valence-electron chi connectivity index (χ1n) is 12.0. The molecule has 1 fully saturated rings. The second-order valence-corrected chi connectivity index (χ2v) is 10.3. The average molecular weight is 537 g/mol. The lowest BCUT2D eigenvalue weighted by Gasteiger charge is -2.36. The summed E-state index contributed by atoms with van der Waals surface area (Å²) >= 11 is 2.55. The van der Waals surface area contributed by atoms with Crippen molar-refractivity contribution in [1.82, 2.24) is 9.47 Å². The van der Waals surface area contributed by atoms with Crippen LogP contribution in [0.3, 0.4) is 0 Å². The monoisotopic (exact) mass is 536 g/mol. The number of amides is 2. The number of terminal acetylenes is 1. The van der Waals surface area contributed by atoms with Crippen molar-refractivity contribution in [2.24, 2.45) is 4.99 Å². The fraction of sp³-hybridized carbons (Fsp3) is 0.333.